The zero-order valence-corrected chi connectivity index (χ0v) is 11.7. The maximum absolute atomic E-state index is 5.99. The molecule has 3 nitrogen and oxygen atoms in total. The molecular weight excluding hydrogens is 271 g/mol. The van der Waals surface area contributed by atoms with Gasteiger partial charge in [-0.15, -0.1) is 0 Å². The Balaban J connectivity index is 1.99. The van der Waals surface area contributed by atoms with Crippen molar-refractivity contribution >= 4 is 23.2 Å². The minimum absolute atomic E-state index is 0.158. The van der Waals surface area contributed by atoms with Gasteiger partial charge in [-0.05, 0) is 31.5 Å². The number of aromatic nitrogens is 1. The number of nitrogens with zero attached hydrogens (tertiary/aromatic N) is 1. The predicted molar refractivity (Wildman–Crippen MR) is 73.0 cm³/mol. The molecule has 1 aromatic carbocycles. The van der Waals surface area contributed by atoms with Crippen LogP contribution in [0.25, 0.3) is 0 Å². The van der Waals surface area contributed by atoms with Crippen LogP contribution in [0.2, 0.25) is 10.0 Å². The number of hydrogen-bond acceptors (Lipinski definition) is 3. The van der Waals surface area contributed by atoms with E-state index in [2.05, 4.69) is 17.4 Å². The highest BCUT2D eigenvalue weighted by Crippen LogP contribution is 2.25. The molecule has 0 saturated carbocycles. The molecule has 0 aliphatic heterocycles. The van der Waals surface area contributed by atoms with Gasteiger partial charge in [-0.3, -0.25) is 0 Å². The third-order valence-corrected chi connectivity index (χ3v) is 3.44. The van der Waals surface area contributed by atoms with E-state index in [4.69, 9.17) is 27.7 Å². The summed E-state index contributed by atoms with van der Waals surface area (Å²) in [5, 5.41) is 8.32. The topological polar surface area (TPSA) is 38.1 Å². The van der Waals surface area contributed by atoms with Crippen molar-refractivity contribution in [3.63, 3.8) is 0 Å². The molecule has 0 bridgehead atoms. The zero-order chi connectivity index (χ0) is 13.1. The molecule has 0 radical (unpaired) electrons. The van der Waals surface area contributed by atoms with Crippen LogP contribution in [0.4, 0.5) is 0 Å². The fraction of sp³-hybridized carbons (Fsp3) is 0.308. The second kappa shape index (κ2) is 5.74. The zero-order valence-electron chi connectivity index (χ0n) is 10.2. The van der Waals surface area contributed by atoms with E-state index in [1.54, 1.807) is 6.07 Å². The molecule has 1 atom stereocenters. The summed E-state index contributed by atoms with van der Waals surface area (Å²) >= 11 is 11.9. The molecule has 18 heavy (non-hydrogen) atoms. The Kier molecular flexibility index (Phi) is 4.27. The van der Waals surface area contributed by atoms with E-state index in [9.17, 15) is 0 Å². The highest BCUT2D eigenvalue weighted by molar-refractivity contribution is 6.42. The summed E-state index contributed by atoms with van der Waals surface area (Å²) in [5.74, 6) is 0.819. The molecule has 1 unspecified atom stereocenters. The Morgan fingerprint density at radius 3 is 2.67 bits per heavy atom. The number of halogens is 2. The van der Waals surface area contributed by atoms with Crippen molar-refractivity contribution in [1.29, 1.82) is 0 Å². The third kappa shape index (κ3) is 3.25. The van der Waals surface area contributed by atoms with E-state index in [1.807, 2.05) is 25.1 Å². The average Bonchev–Trinajstić information content (AvgIpc) is 2.75. The number of aryl methyl sites for hydroxylation is 1. The van der Waals surface area contributed by atoms with Crippen molar-refractivity contribution in [3.05, 3.63) is 51.3 Å². The number of rotatable bonds is 4. The molecule has 1 N–H and O–H groups in total. The van der Waals surface area contributed by atoms with Gasteiger partial charge in [0.25, 0.3) is 0 Å². The number of hydrogen-bond donors (Lipinski definition) is 1. The molecule has 2 aromatic rings. The third-order valence-electron chi connectivity index (χ3n) is 2.70. The Morgan fingerprint density at radius 2 is 2.06 bits per heavy atom. The van der Waals surface area contributed by atoms with E-state index in [-0.39, 0.29) is 6.04 Å². The van der Waals surface area contributed by atoms with Gasteiger partial charge in [0.1, 0.15) is 0 Å². The smallest absolute Gasteiger partial charge is 0.150 e. The largest absolute Gasteiger partial charge is 0.360 e. The Hall–Kier alpha value is -1.03. The quantitative estimate of drug-likeness (QED) is 0.917. The first-order valence-corrected chi connectivity index (χ1v) is 6.42. The summed E-state index contributed by atoms with van der Waals surface area (Å²) in [5.41, 5.74) is 1.97. The lowest BCUT2D eigenvalue weighted by Crippen LogP contribution is -2.17. The lowest BCUT2D eigenvalue weighted by molar-refractivity contribution is 0.363. The summed E-state index contributed by atoms with van der Waals surface area (Å²) in [6.07, 6.45) is 0. The highest BCUT2D eigenvalue weighted by Gasteiger charge is 2.08. The fourth-order valence-electron chi connectivity index (χ4n) is 1.65. The van der Waals surface area contributed by atoms with E-state index < -0.39 is 0 Å². The van der Waals surface area contributed by atoms with Gasteiger partial charge in [-0.1, -0.05) is 34.4 Å². The van der Waals surface area contributed by atoms with Crippen molar-refractivity contribution < 1.29 is 4.52 Å². The minimum Gasteiger partial charge on any atom is -0.360 e. The molecule has 0 aliphatic rings. The van der Waals surface area contributed by atoms with Gasteiger partial charge in [0.2, 0.25) is 0 Å². The summed E-state index contributed by atoms with van der Waals surface area (Å²) in [7, 11) is 0. The maximum atomic E-state index is 5.99. The van der Waals surface area contributed by atoms with Gasteiger partial charge < -0.3 is 9.84 Å². The minimum atomic E-state index is 0.158. The van der Waals surface area contributed by atoms with Crippen LogP contribution in [0.1, 0.15) is 30.0 Å². The monoisotopic (exact) mass is 284 g/mol. The van der Waals surface area contributed by atoms with Crippen LogP contribution in [0.5, 0.6) is 0 Å². The molecule has 0 aliphatic carbocycles. The molecule has 0 saturated heterocycles. The van der Waals surface area contributed by atoms with E-state index >= 15 is 0 Å². The molecule has 0 fully saturated rings. The number of benzene rings is 1. The van der Waals surface area contributed by atoms with Crippen LogP contribution in [-0.2, 0) is 6.54 Å². The first-order valence-electron chi connectivity index (χ1n) is 5.67. The van der Waals surface area contributed by atoms with Crippen molar-refractivity contribution in [3.8, 4) is 0 Å². The molecule has 2 rings (SSSR count). The van der Waals surface area contributed by atoms with Crippen molar-refractivity contribution in [2.75, 3.05) is 0 Å². The number of nitrogens with one attached hydrogen (secondary N) is 1. The van der Waals surface area contributed by atoms with Crippen LogP contribution in [0.15, 0.2) is 28.8 Å². The first-order chi connectivity index (χ1) is 8.56. The standard InChI is InChI=1S/C13H14Cl2N2O/c1-8-5-11(18-17-8)7-16-9(2)10-3-4-12(14)13(15)6-10/h3-6,9,16H,7H2,1-2H3. The Bertz CT molecular complexity index is 540. The summed E-state index contributed by atoms with van der Waals surface area (Å²) < 4.78 is 5.13. The Morgan fingerprint density at radius 1 is 1.28 bits per heavy atom. The first kappa shape index (κ1) is 13.4. The van der Waals surface area contributed by atoms with E-state index in [0.717, 1.165) is 17.0 Å². The van der Waals surface area contributed by atoms with Gasteiger partial charge in [0.15, 0.2) is 5.76 Å². The summed E-state index contributed by atoms with van der Waals surface area (Å²) in [6, 6.07) is 7.69. The summed E-state index contributed by atoms with van der Waals surface area (Å²) in [6.45, 7) is 4.58. The summed E-state index contributed by atoms with van der Waals surface area (Å²) in [4.78, 5) is 0. The lowest BCUT2D eigenvalue weighted by Gasteiger charge is -2.13. The van der Waals surface area contributed by atoms with Gasteiger partial charge in [0, 0.05) is 12.1 Å². The second-order valence-electron chi connectivity index (χ2n) is 4.21. The predicted octanol–water partition coefficient (Wildman–Crippen LogP) is 4.14. The van der Waals surface area contributed by atoms with Crippen molar-refractivity contribution in [2.45, 2.75) is 26.4 Å². The Labute approximate surface area is 116 Å². The van der Waals surface area contributed by atoms with Gasteiger partial charge in [0.05, 0.1) is 22.3 Å². The molecule has 5 heteroatoms. The maximum Gasteiger partial charge on any atom is 0.150 e. The van der Waals surface area contributed by atoms with Crippen LogP contribution >= 0.6 is 23.2 Å². The normalized spacial score (nSPS) is 12.7. The van der Waals surface area contributed by atoms with E-state index in [0.29, 0.717) is 16.6 Å². The fourth-order valence-corrected chi connectivity index (χ4v) is 1.96. The molecular formula is C13H14Cl2N2O. The second-order valence-corrected chi connectivity index (χ2v) is 5.03. The highest BCUT2D eigenvalue weighted by atomic mass is 35.5. The van der Waals surface area contributed by atoms with Crippen LogP contribution in [0, 0.1) is 6.92 Å². The molecule has 0 spiro atoms. The van der Waals surface area contributed by atoms with Crippen molar-refractivity contribution in [2.24, 2.45) is 0 Å². The van der Waals surface area contributed by atoms with Crippen molar-refractivity contribution in [1.82, 2.24) is 10.5 Å². The van der Waals surface area contributed by atoms with Crippen LogP contribution < -0.4 is 5.32 Å². The van der Waals surface area contributed by atoms with Gasteiger partial charge >= 0.3 is 0 Å². The molecule has 1 aromatic heterocycles. The average molecular weight is 285 g/mol. The van der Waals surface area contributed by atoms with E-state index in [1.165, 1.54) is 0 Å². The molecule has 0 amide bonds. The van der Waals surface area contributed by atoms with Gasteiger partial charge in [-0.25, -0.2) is 0 Å². The van der Waals surface area contributed by atoms with Gasteiger partial charge in [-0.2, -0.15) is 0 Å². The molecule has 96 valence electrons. The van der Waals surface area contributed by atoms with Crippen LogP contribution in [0.3, 0.4) is 0 Å². The van der Waals surface area contributed by atoms with Crippen LogP contribution in [-0.4, -0.2) is 5.16 Å². The molecule has 1 heterocycles. The SMILES string of the molecule is Cc1cc(CNC(C)c2ccc(Cl)c(Cl)c2)on1. The lowest BCUT2D eigenvalue weighted by atomic mass is 10.1.